The van der Waals surface area contributed by atoms with Crippen molar-refractivity contribution >= 4 is 21.9 Å². The summed E-state index contributed by atoms with van der Waals surface area (Å²) < 4.78 is 35.4. The first kappa shape index (κ1) is 20.4. The average Bonchev–Trinajstić information content (AvgIpc) is 2.88. The minimum atomic E-state index is -4.28. The molecule has 26 heavy (non-hydrogen) atoms. The Balaban J connectivity index is 2.12. The first-order valence-electron chi connectivity index (χ1n) is 8.80. The normalized spacial score (nSPS) is 15.0. The zero-order valence-corrected chi connectivity index (χ0v) is 16.2. The molecule has 1 aliphatic rings. The molecule has 2 amide bonds. The largest absolute Gasteiger partial charge is 0.493 e. The molecule has 1 fully saturated rings. The summed E-state index contributed by atoms with van der Waals surface area (Å²) in [7, 11) is -4.28. The SMILES string of the molecule is CCCCCCOc1c(C)cc(S(=O)(=O)ON2C(=O)CCC2=O)cc1C. The number of nitrogens with zero attached hydrogens (tertiary/aromatic N) is 1. The Labute approximate surface area is 154 Å². The van der Waals surface area contributed by atoms with Gasteiger partial charge in [-0.3, -0.25) is 9.59 Å². The van der Waals surface area contributed by atoms with Gasteiger partial charge in [0.25, 0.3) is 11.8 Å². The van der Waals surface area contributed by atoms with Crippen LogP contribution in [0.5, 0.6) is 5.75 Å². The van der Waals surface area contributed by atoms with Crippen LogP contribution >= 0.6 is 0 Å². The van der Waals surface area contributed by atoms with Crippen LogP contribution in [0.1, 0.15) is 56.6 Å². The molecule has 1 aromatic rings. The van der Waals surface area contributed by atoms with Crippen LogP contribution in [0.2, 0.25) is 0 Å². The number of ether oxygens (including phenoxy) is 1. The smallest absolute Gasteiger partial charge is 0.318 e. The maximum atomic E-state index is 12.4. The molecular weight excluding hydrogens is 358 g/mol. The number of amides is 2. The quantitative estimate of drug-likeness (QED) is 0.481. The monoisotopic (exact) mass is 383 g/mol. The van der Waals surface area contributed by atoms with Gasteiger partial charge in [-0.1, -0.05) is 26.2 Å². The molecule has 0 spiro atoms. The number of hydroxylamine groups is 2. The predicted octanol–water partition coefficient (Wildman–Crippen LogP) is 3.03. The summed E-state index contributed by atoms with van der Waals surface area (Å²) in [5.74, 6) is -0.660. The lowest BCUT2D eigenvalue weighted by Gasteiger charge is -2.16. The maximum Gasteiger partial charge on any atom is 0.318 e. The Bertz CT molecular complexity index is 748. The maximum absolute atomic E-state index is 12.4. The van der Waals surface area contributed by atoms with Crippen molar-refractivity contribution in [2.75, 3.05) is 6.61 Å². The minimum absolute atomic E-state index is 0.0444. The molecule has 8 heteroatoms. The molecule has 1 aromatic carbocycles. The Morgan fingerprint density at radius 3 is 2.12 bits per heavy atom. The molecule has 0 unspecified atom stereocenters. The van der Waals surface area contributed by atoms with E-state index in [1.54, 1.807) is 13.8 Å². The molecule has 0 aromatic heterocycles. The summed E-state index contributed by atoms with van der Waals surface area (Å²) in [6.07, 6.45) is 4.24. The zero-order valence-electron chi connectivity index (χ0n) is 15.4. The van der Waals surface area contributed by atoms with Crippen LogP contribution in [0.3, 0.4) is 0 Å². The molecule has 0 N–H and O–H groups in total. The Hall–Kier alpha value is -1.93. The van der Waals surface area contributed by atoms with Gasteiger partial charge in [0.05, 0.1) is 11.5 Å². The highest BCUT2D eigenvalue weighted by molar-refractivity contribution is 7.86. The van der Waals surface area contributed by atoms with Gasteiger partial charge in [-0.05, 0) is 43.5 Å². The van der Waals surface area contributed by atoms with E-state index in [4.69, 9.17) is 9.02 Å². The lowest BCUT2D eigenvalue weighted by Crippen LogP contribution is -2.32. The van der Waals surface area contributed by atoms with Crippen LogP contribution in [-0.4, -0.2) is 31.9 Å². The van der Waals surface area contributed by atoms with Crippen molar-refractivity contribution in [3.8, 4) is 5.75 Å². The van der Waals surface area contributed by atoms with Gasteiger partial charge in [-0.2, -0.15) is 8.42 Å². The summed E-state index contributed by atoms with van der Waals surface area (Å²) >= 11 is 0. The molecule has 0 radical (unpaired) electrons. The molecule has 0 bridgehead atoms. The fraction of sp³-hybridized carbons (Fsp3) is 0.556. The third-order valence-corrected chi connectivity index (χ3v) is 5.30. The number of aryl methyl sites for hydroxylation is 2. The first-order chi connectivity index (χ1) is 12.3. The van der Waals surface area contributed by atoms with E-state index >= 15 is 0 Å². The Morgan fingerprint density at radius 2 is 1.58 bits per heavy atom. The van der Waals surface area contributed by atoms with Crippen LogP contribution in [0.25, 0.3) is 0 Å². The molecule has 0 saturated carbocycles. The lowest BCUT2D eigenvalue weighted by molar-refractivity contribution is -0.163. The summed E-state index contributed by atoms with van der Waals surface area (Å²) in [6, 6.07) is 2.85. The van der Waals surface area contributed by atoms with E-state index in [0.717, 1.165) is 25.7 Å². The number of hydrogen-bond acceptors (Lipinski definition) is 6. The van der Waals surface area contributed by atoms with E-state index in [1.807, 2.05) is 0 Å². The second-order valence-electron chi connectivity index (χ2n) is 6.41. The van der Waals surface area contributed by atoms with Crippen molar-refractivity contribution in [1.82, 2.24) is 5.06 Å². The van der Waals surface area contributed by atoms with Crippen LogP contribution in [0.4, 0.5) is 0 Å². The first-order valence-corrected chi connectivity index (χ1v) is 10.2. The number of carbonyl (C=O) groups excluding carboxylic acids is 2. The van der Waals surface area contributed by atoms with E-state index in [2.05, 4.69) is 6.92 Å². The van der Waals surface area contributed by atoms with E-state index in [0.29, 0.717) is 28.5 Å². The van der Waals surface area contributed by atoms with Crippen LogP contribution < -0.4 is 4.74 Å². The van der Waals surface area contributed by atoms with Crippen LogP contribution in [0, 0.1) is 13.8 Å². The molecule has 1 heterocycles. The number of rotatable bonds is 9. The summed E-state index contributed by atoms with van der Waals surface area (Å²) in [6.45, 7) is 6.21. The highest BCUT2D eigenvalue weighted by Gasteiger charge is 2.35. The predicted molar refractivity (Wildman–Crippen MR) is 94.9 cm³/mol. The standard InChI is InChI=1S/C18H25NO6S/c1-4-5-6-7-10-24-18-13(2)11-15(12-14(18)3)26(22,23)25-19-16(20)8-9-17(19)21/h11-12H,4-10H2,1-3H3. The van der Waals surface area contributed by atoms with Gasteiger partial charge in [0, 0.05) is 12.8 Å². The van der Waals surface area contributed by atoms with Crippen molar-refractivity contribution in [2.45, 2.75) is 64.2 Å². The van der Waals surface area contributed by atoms with Gasteiger partial charge in [0.2, 0.25) is 0 Å². The number of hydrogen-bond donors (Lipinski definition) is 0. The topological polar surface area (TPSA) is 90.0 Å². The second kappa shape index (κ2) is 8.64. The molecule has 1 aliphatic heterocycles. The van der Waals surface area contributed by atoms with Crippen LogP contribution in [-0.2, 0) is 24.0 Å². The third kappa shape index (κ3) is 4.82. The number of benzene rings is 1. The Kier molecular flexibility index (Phi) is 6.77. The lowest BCUT2D eigenvalue weighted by atomic mass is 10.1. The summed E-state index contributed by atoms with van der Waals surface area (Å²) in [4.78, 5) is 23.0. The molecule has 0 aliphatic carbocycles. The van der Waals surface area contributed by atoms with Crippen molar-refractivity contribution < 1.29 is 27.0 Å². The third-order valence-electron chi connectivity index (χ3n) is 4.15. The van der Waals surface area contributed by atoms with Gasteiger partial charge in [0.15, 0.2) is 0 Å². The van der Waals surface area contributed by atoms with E-state index in [1.165, 1.54) is 12.1 Å². The average molecular weight is 383 g/mol. The van der Waals surface area contributed by atoms with Crippen molar-refractivity contribution in [3.63, 3.8) is 0 Å². The fourth-order valence-corrected chi connectivity index (χ4v) is 3.86. The van der Waals surface area contributed by atoms with Gasteiger partial charge in [-0.25, -0.2) is 0 Å². The minimum Gasteiger partial charge on any atom is -0.493 e. The molecule has 7 nitrogen and oxygen atoms in total. The van der Waals surface area contributed by atoms with Crippen molar-refractivity contribution in [3.05, 3.63) is 23.3 Å². The number of unbranched alkanes of at least 4 members (excludes halogenated alkanes) is 3. The second-order valence-corrected chi connectivity index (χ2v) is 7.93. The van der Waals surface area contributed by atoms with Gasteiger partial charge < -0.3 is 4.74 Å². The highest BCUT2D eigenvalue weighted by Crippen LogP contribution is 2.29. The Morgan fingerprint density at radius 1 is 1.00 bits per heavy atom. The fourth-order valence-electron chi connectivity index (χ4n) is 2.77. The molecular formula is C18H25NO6S. The summed E-state index contributed by atoms with van der Waals surface area (Å²) in [5, 5.41) is 0.331. The number of imide groups is 1. The summed E-state index contributed by atoms with van der Waals surface area (Å²) in [5.41, 5.74) is 1.31. The van der Waals surface area contributed by atoms with E-state index in [-0.39, 0.29) is 17.7 Å². The molecule has 1 saturated heterocycles. The molecule has 2 rings (SSSR count). The highest BCUT2D eigenvalue weighted by atomic mass is 32.2. The van der Waals surface area contributed by atoms with E-state index < -0.39 is 21.9 Å². The van der Waals surface area contributed by atoms with Crippen LogP contribution in [0.15, 0.2) is 17.0 Å². The molecule has 144 valence electrons. The van der Waals surface area contributed by atoms with Crippen molar-refractivity contribution in [2.24, 2.45) is 0 Å². The zero-order chi connectivity index (χ0) is 19.3. The van der Waals surface area contributed by atoms with E-state index in [9.17, 15) is 18.0 Å². The molecule has 0 atom stereocenters. The van der Waals surface area contributed by atoms with Gasteiger partial charge in [-0.15, -0.1) is 9.35 Å². The van der Waals surface area contributed by atoms with Gasteiger partial charge in [0.1, 0.15) is 5.75 Å². The van der Waals surface area contributed by atoms with Gasteiger partial charge >= 0.3 is 10.1 Å². The van der Waals surface area contributed by atoms with Crippen molar-refractivity contribution in [1.29, 1.82) is 0 Å². The number of carbonyl (C=O) groups is 2.